The third-order valence-electron chi connectivity index (χ3n) is 5.91. The molecule has 0 N–H and O–H groups in total. The van der Waals surface area contributed by atoms with Crippen LogP contribution in [0.2, 0.25) is 0 Å². The molecule has 0 radical (unpaired) electrons. The van der Waals surface area contributed by atoms with E-state index >= 15 is 0 Å². The second-order valence-corrected chi connectivity index (χ2v) is 8.98. The summed E-state index contributed by atoms with van der Waals surface area (Å²) in [7, 11) is 0. The lowest BCUT2D eigenvalue weighted by atomic mass is 10.1. The zero-order valence-electron chi connectivity index (χ0n) is 17.7. The Morgan fingerprint density at radius 2 is 1.77 bits per heavy atom. The summed E-state index contributed by atoms with van der Waals surface area (Å²) in [6, 6.07) is 18.8. The van der Waals surface area contributed by atoms with Crippen molar-refractivity contribution in [3.63, 3.8) is 0 Å². The van der Waals surface area contributed by atoms with Crippen molar-refractivity contribution in [3.8, 4) is 5.75 Å². The van der Waals surface area contributed by atoms with Gasteiger partial charge in [-0.3, -0.25) is 9.69 Å². The van der Waals surface area contributed by atoms with Crippen LogP contribution in [0, 0.1) is 5.82 Å². The molecule has 1 heterocycles. The lowest BCUT2D eigenvalue weighted by Gasteiger charge is -2.44. The molecule has 3 aromatic rings. The SMILES string of the molecule is C[C@@H]1CN(C(=O)COc2ccc3ccccc3c2Br)[C@@H](C)CN1Cc1ccc(F)cc1. The van der Waals surface area contributed by atoms with E-state index in [0.29, 0.717) is 12.3 Å². The summed E-state index contributed by atoms with van der Waals surface area (Å²) >= 11 is 3.61. The van der Waals surface area contributed by atoms with E-state index in [9.17, 15) is 9.18 Å². The minimum Gasteiger partial charge on any atom is -0.483 e. The van der Waals surface area contributed by atoms with Crippen LogP contribution in [0.4, 0.5) is 4.39 Å². The Morgan fingerprint density at radius 3 is 2.55 bits per heavy atom. The third-order valence-corrected chi connectivity index (χ3v) is 6.73. The number of rotatable bonds is 5. The molecule has 1 amide bonds. The Labute approximate surface area is 190 Å². The second kappa shape index (κ2) is 9.37. The van der Waals surface area contributed by atoms with Crippen molar-refractivity contribution in [2.45, 2.75) is 32.5 Å². The Hall–Kier alpha value is -2.44. The maximum atomic E-state index is 13.2. The van der Waals surface area contributed by atoms with Gasteiger partial charge in [-0.2, -0.15) is 0 Å². The molecular weight excluding hydrogens is 459 g/mol. The number of nitrogens with zero attached hydrogens (tertiary/aromatic N) is 2. The van der Waals surface area contributed by atoms with Crippen LogP contribution in [0.5, 0.6) is 5.75 Å². The number of carbonyl (C=O) groups excluding carboxylic acids is 1. The average molecular weight is 485 g/mol. The molecule has 31 heavy (non-hydrogen) atoms. The lowest BCUT2D eigenvalue weighted by molar-refractivity contribution is -0.139. The quantitative estimate of drug-likeness (QED) is 0.496. The number of amides is 1. The van der Waals surface area contributed by atoms with E-state index in [-0.39, 0.29) is 30.4 Å². The standard InChI is InChI=1S/C25H26BrFN2O2/c1-17-14-29(18(2)13-28(17)15-19-7-10-21(27)11-8-19)24(30)16-31-23-12-9-20-5-3-4-6-22(20)25(23)26/h3-12,17-18H,13-16H2,1-2H3/t17-,18+/m1/s1. The van der Waals surface area contributed by atoms with E-state index in [1.807, 2.05) is 53.4 Å². The Balaban J connectivity index is 1.37. The van der Waals surface area contributed by atoms with Crippen LogP contribution in [-0.2, 0) is 11.3 Å². The highest BCUT2D eigenvalue weighted by Crippen LogP contribution is 2.33. The van der Waals surface area contributed by atoms with Crippen LogP contribution in [-0.4, -0.2) is 47.5 Å². The molecule has 0 spiro atoms. The summed E-state index contributed by atoms with van der Waals surface area (Å²) in [5.41, 5.74) is 1.07. The van der Waals surface area contributed by atoms with Gasteiger partial charge in [-0.05, 0) is 64.3 Å². The van der Waals surface area contributed by atoms with E-state index in [4.69, 9.17) is 4.74 Å². The van der Waals surface area contributed by atoms with Gasteiger partial charge in [0.15, 0.2) is 6.61 Å². The Morgan fingerprint density at radius 1 is 1.03 bits per heavy atom. The van der Waals surface area contributed by atoms with E-state index < -0.39 is 0 Å². The van der Waals surface area contributed by atoms with Crippen molar-refractivity contribution in [1.82, 2.24) is 9.80 Å². The van der Waals surface area contributed by atoms with Gasteiger partial charge in [0.1, 0.15) is 11.6 Å². The van der Waals surface area contributed by atoms with Crippen molar-refractivity contribution in [2.24, 2.45) is 0 Å². The number of carbonyl (C=O) groups is 1. The van der Waals surface area contributed by atoms with Gasteiger partial charge in [0, 0.05) is 31.7 Å². The first-order valence-electron chi connectivity index (χ1n) is 10.5. The highest BCUT2D eigenvalue weighted by atomic mass is 79.9. The van der Waals surface area contributed by atoms with Gasteiger partial charge in [0.2, 0.25) is 0 Å². The molecule has 0 aliphatic carbocycles. The van der Waals surface area contributed by atoms with Crippen LogP contribution in [0.1, 0.15) is 19.4 Å². The molecule has 1 aliphatic rings. The maximum absolute atomic E-state index is 13.2. The molecule has 1 aliphatic heterocycles. The van der Waals surface area contributed by atoms with Gasteiger partial charge in [-0.15, -0.1) is 0 Å². The summed E-state index contributed by atoms with van der Waals surface area (Å²) in [6.07, 6.45) is 0. The summed E-state index contributed by atoms with van der Waals surface area (Å²) in [5.74, 6) is 0.433. The van der Waals surface area contributed by atoms with Crippen LogP contribution in [0.3, 0.4) is 0 Å². The average Bonchev–Trinajstić information content (AvgIpc) is 2.77. The number of hydrogen-bond acceptors (Lipinski definition) is 3. The molecule has 0 aromatic heterocycles. The molecular formula is C25H26BrFN2O2. The van der Waals surface area contributed by atoms with Crippen LogP contribution in [0.25, 0.3) is 10.8 Å². The zero-order valence-corrected chi connectivity index (χ0v) is 19.3. The van der Waals surface area contributed by atoms with Crippen LogP contribution in [0.15, 0.2) is 65.1 Å². The topological polar surface area (TPSA) is 32.8 Å². The summed E-state index contributed by atoms with van der Waals surface area (Å²) in [4.78, 5) is 17.2. The third kappa shape index (κ3) is 4.91. The van der Waals surface area contributed by atoms with Crippen molar-refractivity contribution in [2.75, 3.05) is 19.7 Å². The zero-order chi connectivity index (χ0) is 22.0. The molecule has 0 saturated carbocycles. The van der Waals surface area contributed by atoms with Gasteiger partial charge >= 0.3 is 0 Å². The van der Waals surface area contributed by atoms with Crippen LogP contribution >= 0.6 is 15.9 Å². The highest BCUT2D eigenvalue weighted by Gasteiger charge is 2.32. The molecule has 162 valence electrons. The number of piperazine rings is 1. The lowest BCUT2D eigenvalue weighted by Crippen LogP contribution is -2.58. The summed E-state index contributed by atoms with van der Waals surface area (Å²) in [5, 5.41) is 2.18. The molecule has 6 heteroatoms. The summed E-state index contributed by atoms with van der Waals surface area (Å²) in [6.45, 7) is 6.34. The fourth-order valence-corrected chi connectivity index (χ4v) is 4.75. The molecule has 2 atom stereocenters. The fourth-order valence-electron chi connectivity index (χ4n) is 4.14. The van der Waals surface area contributed by atoms with Crippen molar-refractivity contribution < 1.29 is 13.9 Å². The molecule has 4 nitrogen and oxygen atoms in total. The molecule has 0 unspecified atom stereocenters. The van der Waals surface area contributed by atoms with Gasteiger partial charge < -0.3 is 9.64 Å². The first-order chi connectivity index (χ1) is 14.9. The molecule has 0 bridgehead atoms. The highest BCUT2D eigenvalue weighted by molar-refractivity contribution is 9.10. The minimum absolute atomic E-state index is 0.00592. The normalized spacial score (nSPS) is 19.5. The molecule has 1 saturated heterocycles. The number of hydrogen-bond donors (Lipinski definition) is 0. The predicted molar refractivity (Wildman–Crippen MR) is 125 cm³/mol. The first-order valence-corrected chi connectivity index (χ1v) is 11.3. The second-order valence-electron chi connectivity index (χ2n) is 8.19. The molecule has 3 aromatic carbocycles. The number of benzene rings is 3. The Kier molecular flexibility index (Phi) is 6.58. The molecule has 1 fully saturated rings. The Bertz CT molecular complexity index is 1070. The van der Waals surface area contributed by atoms with E-state index in [2.05, 4.69) is 34.7 Å². The van der Waals surface area contributed by atoms with E-state index in [1.54, 1.807) is 0 Å². The van der Waals surface area contributed by atoms with Crippen molar-refractivity contribution in [3.05, 3.63) is 76.5 Å². The number of fused-ring (bicyclic) bond motifs is 1. The minimum atomic E-state index is -0.223. The summed E-state index contributed by atoms with van der Waals surface area (Å²) < 4.78 is 19.9. The largest absolute Gasteiger partial charge is 0.483 e. The van der Waals surface area contributed by atoms with Gasteiger partial charge in [-0.25, -0.2) is 4.39 Å². The van der Waals surface area contributed by atoms with Crippen LogP contribution < -0.4 is 4.74 Å². The van der Waals surface area contributed by atoms with Crippen molar-refractivity contribution in [1.29, 1.82) is 0 Å². The monoisotopic (exact) mass is 484 g/mol. The van der Waals surface area contributed by atoms with Gasteiger partial charge in [-0.1, -0.05) is 42.5 Å². The predicted octanol–water partition coefficient (Wildman–Crippen LogP) is 5.24. The first kappa shape index (κ1) is 21.8. The van der Waals surface area contributed by atoms with Crippen molar-refractivity contribution >= 4 is 32.6 Å². The number of halogens is 2. The van der Waals surface area contributed by atoms with E-state index in [1.165, 1.54) is 12.1 Å². The fraction of sp³-hybridized carbons (Fsp3) is 0.320. The smallest absolute Gasteiger partial charge is 0.260 e. The maximum Gasteiger partial charge on any atom is 0.260 e. The molecule has 4 rings (SSSR count). The van der Waals surface area contributed by atoms with Gasteiger partial charge in [0.25, 0.3) is 5.91 Å². The number of ether oxygens (including phenoxy) is 1. The van der Waals surface area contributed by atoms with E-state index in [0.717, 1.165) is 33.9 Å². The van der Waals surface area contributed by atoms with Gasteiger partial charge in [0.05, 0.1) is 4.47 Å².